The van der Waals surface area contributed by atoms with Gasteiger partial charge in [-0.25, -0.2) is 0 Å². The van der Waals surface area contributed by atoms with E-state index < -0.39 is 11.9 Å². The third-order valence-electron chi connectivity index (χ3n) is 1.74. The van der Waals surface area contributed by atoms with E-state index in [1.807, 2.05) is 0 Å². The minimum atomic E-state index is -0.515. The van der Waals surface area contributed by atoms with Crippen molar-refractivity contribution in [3.05, 3.63) is 0 Å². The molecule has 0 heterocycles. The second kappa shape index (κ2) is 15.1. The predicted molar refractivity (Wildman–Crippen MR) is 64.4 cm³/mol. The molecule has 3 nitrogen and oxygen atoms in total. The number of carbonyl (C=O) groups is 2. The van der Waals surface area contributed by atoms with E-state index in [0.717, 1.165) is 19.3 Å². The number of carbonyl (C=O) groups excluding carboxylic acids is 2. The predicted octanol–water partition coefficient (Wildman–Crippen LogP) is 1.14. The molecular formula is C10H20Na2O3. The van der Waals surface area contributed by atoms with E-state index in [2.05, 4.69) is 11.7 Å². The van der Waals surface area contributed by atoms with Gasteiger partial charge in [0.1, 0.15) is 0 Å². The fourth-order valence-corrected chi connectivity index (χ4v) is 1.08. The molecule has 0 atom stereocenters. The molecule has 0 saturated carbocycles. The Labute approximate surface area is 136 Å². The van der Waals surface area contributed by atoms with Crippen LogP contribution >= 0.6 is 0 Å². The number of ether oxygens (including phenoxy) is 1. The zero-order valence-corrected chi connectivity index (χ0v) is 8.47. The third kappa shape index (κ3) is 17.7. The summed E-state index contributed by atoms with van der Waals surface area (Å²) in [6, 6.07) is 0. The van der Waals surface area contributed by atoms with Gasteiger partial charge in [0.2, 0.25) is 0 Å². The van der Waals surface area contributed by atoms with Crippen LogP contribution in [0.1, 0.15) is 52.4 Å². The summed E-state index contributed by atoms with van der Waals surface area (Å²) in [6.45, 7) is 3.39. The minimum absolute atomic E-state index is 0. The molecule has 0 rings (SSSR count). The number of rotatable bonds is 6. The topological polar surface area (TPSA) is 43.4 Å². The van der Waals surface area contributed by atoms with E-state index >= 15 is 0 Å². The van der Waals surface area contributed by atoms with E-state index in [4.69, 9.17) is 0 Å². The van der Waals surface area contributed by atoms with Gasteiger partial charge in [-0.1, -0.05) is 32.6 Å². The van der Waals surface area contributed by atoms with Crippen molar-refractivity contribution in [2.75, 3.05) is 0 Å². The Hall–Kier alpha value is 1.14. The summed E-state index contributed by atoms with van der Waals surface area (Å²) >= 11 is 0. The van der Waals surface area contributed by atoms with Crippen molar-refractivity contribution in [2.24, 2.45) is 0 Å². The van der Waals surface area contributed by atoms with Crippen LogP contribution in [0.4, 0.5) is 0 Å². The van der Waals surface area contributed by atoms with Crippen molar-refractivity contribution in [1.82, 2.24) is 0 Å². The average Bonchev–Trinajstić information content (AvgIpc) is 2.02. The van der Waals surface area contributed by atoms with Gasteiger partial charge in [-0.15, -0.1) is 0 Å². The van der Waals surface area contributed by atoms with Crippen molar-refractivity contribution in [1.29, 1.82) is 0 Å². The molecule has 0 aliphatic carbocycles. The molecule has 0 amide bonds. The molecular weight excluding hydrogens is 214 g/mol. The number of hydrogen-bond acceptors (Lipinski definition) is 3. The van der Waals surface area contributed by atoms with Crippen LogP contribution in [0, 0.1) is 0 Å². The summed E-state index contributed by atoms with van der Waals surface area (Å²) in [5.41, 5.74) is 0. The molecule has 0 spiro atoms. The second-order valence-electron chi connectivity index (χ2n) is 3.13. The number of hydrogen-bond donors (Lipinski definition) is 0. The van der Waals surface area contributed by atoms with Crippen LogP contribution in [0.5, 0.6) is 0 Å². The Balaban J connectivity index is -0.000000720. The van der Waals surface area contributed by atoms with Crippen LogP contribution in [0.25, 0.3) is 0 Å². The summed E-state index contributed by atoms with van der Waals surface area (Å²) < 4.78 is 4.38. The van der Waals surface area contributed by atoms with E-state index in [1.165, 1.54) is 19.8 Å². The maximum atomic E-state index is 10.8. The monoisotopic (exact) mass is 234 g/mol. The first-order valence-corrected chi connectivity index (χ1v) is 4.88. The molecule has 5 heteroatoms. The molecule has 0 radical (unpaired) electrons. The molecule has 0 bridgehead atoms. The van der Waals surface area contributed by atoms with Crippen molar-refractivity contribution in [3.8, 4) is 0 Å². The Kier molecular flexibility index (Phi) is 21.6. The van der Waals surface area contributed by atoms with Gasteiger partial charge in [-0.2, -0.15) is 0 Å². The Morgan fingerprint density at radius 1 is 1.00 bits per heavy atom. The van der Waals surface area contributed by atoms with Crippen LogP contribution in [0.15, 0.2) is 0 Å². The molecule has 0 N–H and O–H groups in total. The van der Waals surface area contributed by atoms with Crippen molar-refractivity contribution in [2.45, 2.75) is 52.4 Å². The van der Waals surface area contributed by atoms with Gasteiger partial charge in [0.25, 0.3) is 0 Å². The van der Waals surface area contributed by atoms with Gasteiger partial charge in [-0.05, 0) is 6.42 Å². The molecule has 0 aliphatic rings. The Bertz CT molecular complexity index is 172. The fraction of sp³-hybridized carbons (Fsp3) is 0.800. The van der Waals surface area contributed by atoms with Gasteiger partial charge >= 0.3 is 71.1 Å². The summed E-state index contributed by atoms with van der Waals surface area (Å²) in [5.74, 6) is -0.914. The molecule has 0 fully saturated rings. The van der Waals surface area contributed by atoms with Crippen LogP contribution in [0.3, 0.4) is 0 Å². The standard InChI is InChI=1S/C10H18O3.2Na.2H/c1-3-4-5-6-7-8-10(12)13-9(2)11;;;;/h3-8H2,1-2H3;;;;. The molecule has 0 aliphatic heterocycles. The zero-order chi connectivity index (χ0) is 10.1. The van der Waals surface area contributed by atoms with Crippen LogP contribution < -0.4 is 0 Å². The van der Waals surface area contributed by atoms with Crippen molar-refractivity contribution < 1.29 is 14.3 Å². The van der Waals surface area contributed by atoms with Gasteiger partial charge in [0.05, 0.1) is 0 Å². The van der Waals surface area contributed by atoms with E-state index in [1.54, 1.807) is 0 Å². The second-order valence-corrected chi connectivity index (χ2v) is 3.13. The average molecular weight is 234 g/mol. The first-order chi connectivity index (χ1) is 6.16. The molecule has 0 aromatic rings. The Morgan fingerprint density at radius 3 is 2.00 bits per heavy atom. The molecule has 0 aromatic heterocycles. The Morgan fingerprint density at radius 2 is 1.53 bits per heavy atom. The number of unbranched alkanes of at least 4 members (excludes halogenated alkanes) is 4. The van der Waals surface area contributed by atoms with E-state index in [0.29, 0.717) is 6.42 Å². The summed E-state index contributed by atoms with van der Waals surface area (Å²) in [5, 5.41) is 0. The van der Waals surface area contributed by atoms with Crippen LogP contribution in [-0.4, -0.2) is 71.1 Å². The summed E-state index contributed by atoms with van der Waals surface area (Å²) in [4.78, 5) is 21.2. The number of esters is 2. The fourth-order valence-electron chi connectivity index (χ4n) is 1.08. The van der Waals surface area contributed by atoms with Crippen molar-refractivity contribution >= 4 is 71.1 Å². The maximum absolute atomic E-state index is 10.8. The molecule has 0 unspecified atom stereocenters. The van der Waals surface area contributed by atoms with Gasteiger partial charge in [-0.3, -0.25) is 9.59 Å². The van der Waals surface area contributed by atoms with Crippen molar-refractivity contribution in [3.63, 3.8) is 0 Å². The molecule has 15 heavy (non-hydrogen) atoms. The quantitative estimate of drug-likeness (QED) is 0.299. The third-order valence-corrected chi connectivity index (χ3v) is 1.74. The molecule has 0 saturated heterocycles. The first kappa shape index (κ1) is 21.4. The van der Waals surface area contributed by atoms with E-state index in [9.17, 15) is 9.59 Å². The van der Waals surface area contributed by atoms with Crippen LogP contribution in [-0.2, 0) is 14.3 Å². The molecule has 0 aromatic carbocycles. The summed E-state index contributed by atoms with van der Waals surface area (Å²) in [6.07, 6.45) is 5.79. The summed E-state index contributed by atoms with van der Waals surface area (Å²) in [7, 11) is 0. The van der Waals surface area contributed by atoms with Gasteiger partial charge in [0.15, 0.2) is 0 Å². The normalized spacial score (nSPS) is 8.40. The van der Waals surface area contributed by atoms with Gasteiger partial charge in [0, 0.05) is 13.3 Å². The van der Waals surface area contributed by atoms with Crippen LogP contribution in [0.2, 0.25) is 0 Å². The van der Waals surface area contributed by atoms with E-state index in [-0.39, 0.29) is 59.1 Å². The zero-order valence-electron chi connectivity index (χ0n) is 8.47. The SMILES string of the molecule is CCCCCCCC(=O)OC(C)=O.[NaH].[NaH]. The molecule has 80 valence electrons. The van der Waals surface area contributed by atoms with Gasteiger partial charge < -0.3 is 4.74 Å². The first-order valence-electron chi connectivity index (χ1n) is 4.88.